The normalized spacial score (nSPS) is 13.6. The maximum atomic E-state index is 6.89. The maximum Gasteiger partial charge on any atom is 0.159 e. The fraction of sp³-hybridized carbons (Fsp3) is 0.0294. The minimum Gasteiger partial charge on any atom is -0.454 e. The van der Waals surface area contributed by atoms with Gasteiger partial charge in [0.15, 0.2) is 5.58 Å². The molecule has 3 heteroatoms. The van der Waals surface area contributed by atoms with E-state index < -0.39 is 10.8 Å². The highest BCUT2D eigenvalue weighted by Gasteiger charge is 2.56. The summed E-state index contributed by atoms with van der Waals surface area (Å²) in [5.41, 5.74) is 19.4. The Morgan fingerprint density at radius 1 is 0.268 bits per heavy atom. The van der Waals surface area contributed by atoms with Crippen molar-refractivity contribution in [3.63, 3.8) is 0 Å². The standard InChI is InChI=1S/C68H46N2O/c1-5-22-47(23-6-1)67(48-24-7-2-8-25-48)59-34-16-18-36-61(59)68(62-37-19-17-35-60(62)67)58-33-15-13-30-54(58)55-45-44-53(46-63(55)68)70(64-38-21-32-57-56-31-14-20-39-65(56)71-66(57)64)52-42-40-51(41-43-52)69(49-26-9-3-10-27-49)50-28-11-4-12-29-50/h1-46H. The fourth-order valence-electron chi connectivity index (χ4n) is 12.4. The first-order valence-corrected chi connectivity index (χ1v) is 24.5. The lowest BCUT2D eigenvalue weighted by Crippen LogP contribution is -2.44. The Labute approximate surface area is 413 Å². The third kappa shape index (κ3) is 5.97. The number of fused-ring (bicyclic) bond motifs is 12. The van der Waals surface area contributed by atoms with Crippen LogP contribution in [-0.2, 0) is 10.8 Å². The number of hydrogen-bond acceptors (Lipinski definition) is 3. The van der Waals surface area contributed by atoms with Crippen LogP contribution < -0.4 is 9.80 Å². The first kappa shape index (κ1) is 40.8. The van der Waals surface area contributed by atoms with Crippen LogP contribution in [0.15, 0.2) is 283 Å². The third-order valence-electron chi connectivity index (χ3n) is 15.2. The summed E-state index contributed by atoms with van der Waals surface area (Å²) in [6.45, 7) is 0. The minimum atomic E-state index is -0.658. The van der Waals surface area contributed by atoms with Gasteiger partial charge in [-0.3, -0.25) is 0 Å². The number of benzene rings is 11. The van der Waals surface area contributed by atoms with Gasteiger partial charge in [0.2, 0.25) is 0 Å². The van der Waals surface area contributed by atoms with Gasteiger partial charge in [0.05, 0.1) is 16.5 Å². The predicted molar refractivity (Wildman–Crippen MR) is 292 cm³/mol. The number of hydrogen-bond donors (Lipinski definition) is 0. The SMILES string of the molecule is c1ccc(N(c2ccccc2)c2ccc(N(c3ccc4c(c3)C3(c5ccccc5-4)c4ccccc4C(c4ccccc4)(c4ccccc4)c4ccccc43)c3cccc4c3oc3ccccc34)cc2)cc1. The van der Waals surface area contributed by atoms with Crippen LogP contribution in [0.3, 0.4) is 0 Å². The van der Waals surface area contributed by atoms with Gasteiger partial charge < -0.3 is 14.2 Å². The summed E-state index contributed by atoms with van der Waals surface area (Å²) in [6.07, 6.45) is 0. The second-order valence-corrected chi connectivity index (χ2v) is 18.7. The molecule has 0 unspecified atom stereocenters. The van der Waals surface area contributed by atoms with Crippen LogP contribution in [0.1, 0.15) is 44.5 Å². The summed E-state index contributed by atoms with van der Waals surface area (Å²) < 4.78 is 6.89. The molecule has 1 spiro atoms. The summed E-state index contributed by atoms with van der Waals surface area (Å²) in [7, 11) is 0. The van der Waals surface area contributed by atoms with Gasteiger partial charge in [-0.15, -0.1) is 0 Å². The van der Waals surface area contributed by atoms with Gasteiger partial charge >= 0.3 is 0 Å². The largest absolute Gasteiger partial charge is 0.454 e. The van der Waals surface area contributed by atoms with Crippen LogP contribution in [0, 0.1) is 0 Å². The third-order valence-corrected chi connectivity index (χ3v) is 15.2. The van der Waals surface area contributed by atoms with Crippen molar-refractivity contribution in [3.8, 4) is 11.1 Å². The van der Waals surface area contributed by atoms with E-state index in [-0.39, 0.29) is 0 Å². The Hall–Kier alpha value is -9.18. The first-order chi connectivity index (χ1) is 35.2. The van der Waals surface area contributed by atoms with E-state index in [9.17, 15) is 0 Å². The van der Waals surface area contributed by atoms with Crippen molar-refractivity contribution in [1.29, 1.82) is 0 Å². The van der Waals surface area contributed by atoms with E-state index >= 15 is 0 Å². The number of nitrogens with zero attached hydrogens (tertiary/aromatic N) is 2. The molecule has 2 aliphatic rings. The molecule has 1 aromatic heterocycles. The van der Waals surface area contributed by atoms with E-state index in [1.807, 2.05) is 6.07 Å². The number of furan rings is 1. The highest BCUT2D eigenvalue weighted by Crippen LogP contribution is 2.65. The van der Waals surface area contributed by atoms with E-state index in [1.54, 1.807) is 0 Å². The molecule has 71 heavy (non-hydrogen) atoms. The molecule has 334 valence electrons. The molecule has 0 bridgehead atoms. The summed E-state index contributed by atoms with van der Waals surface area (Å²) >= 11 is 0. The van der Waals surface area contributed by atoms with E-state index in [2.05, 4.69) is 283 Å². The van der Waals surface area contributed by atoms with E-state index in [4.69, 9.17) is 4.42 Å². The number of anilines is 6. The first-order valence-electron chi connectivity index (χ1n) is 24.5. The van der Waals surface area contributed by atoms with Gasteiger partial charge in [-0.1, -0.05) is 206 Å². The molecule has 0 saturated carbocycles. The van der Waals surface area contributed by atoms with Crippen LogP contribution in [0.5, 0.6) is 0 Å². The molecular weight excluding hydrogens is 861 g/mol. The second kappa shape index (κ2) is 16.2. The highest BCUT2D eigenvalue weighted by atomic mass is 16.3. The van der Waals surface area contributed by atoms with Crippen molar-refractivity contribution in [3.05, 3.63) is 324 Å². The zero-order valence-corrected chi connectivity index (χ0v) is 38.9. The molecule has 0 amide bonds. The Balaban J connectivity index is 1.03. The Kier molecular flexibility index (Phi) is 9.33. The van der Waals surface area contributed by atoms with Crippen molar-refractivity contribution in [2.45, 2.75) is 10.8 Å². The van der Waals surface area contributed by atoms with E-state index in [0.29, 0.717) is 0 Å². The predicted octanol–water partition coefficient (Wildman–Crippen LogP) is 17.6. The van der Waals surface area contributed by atoms with Crippen molar-refractivity contribution in [1.82, 2.24) is 0 Å². The molecule has 0 radical (unpaired) electrons. The lowest BCUT2D eigenvalue weighted by atomic mass is 9.51. The van der Waals surface area contributed by atoms with Gasteiger partial charge in [0.1, 0.15) is 5.58 Å². The Morgan fingerprint density at radius 3 is 1.28 bits per heavy atom. The zero-order valence-electron chi connectivity index (χ0n) is 38.9. The van der Waals surface area contributed by atoms with Gasteiger partial charge in [-0.2, -0.15) is 0 Å². The monoisotopic (exact) mass is 906 g/mol. The highest BCUT2D eigenvalue weighted by molar-refractivity contribution is 6.10. The number of para-hydroxylation sites is 4. The lowest BCUT2D eigenvalue weighted by Gasteiger charge is -2.50. The van der Waals surface area contributed by atoms with Gasteiger partial charge in [-0.05, 0) is 128 Å². The molecule has 0 fully saturated rings. The van der Waals surface area contributed by atoms with Crippen LogP contribution in [0.2, 0.25) is 0 Å². The smallest absolute Gasteiger partial charge is 0.159 e. The topological polar surface area (TPSA) is 19.6 Å². The molecular formula is C68H46N2O. The van der Waals surface area contributed by atoms with Gasteiger partial charge in [0.25, 0.3) is 0 Å². The van der Waals surface area contributed by atoms with Crippen LogP contribution in [0.25, 0.3) is 33.1 Å². The summed E-state index contributed by atoms with van der Waals surface area (Å²) in [5, 5.41) is 2.18. The summed E-state index contributed by atoms with van der Waals surface area (Å²) in [4.78, 5) is 4.72. The zero-order chi connectivity index (χ0) is 46.9. The van der Waals surface area contributed by atoms with Crippen LogP contribution >= 0.6 is 0 Å². The van der Waals surface area contributed by atoms with Crippen molar-refractivity contribution >= 4 is 56.1 Å². The molecule has 14 rings (SSSR count). The second-order valence-electron chi connectivity index (χ2n) is 18.7. The molecule has 3 nitrogen and oxygen atoms in total. The van der Waals surface area contributed by atoms with Gasteiger partial charge in [0, 0.05) is 39.2 Å². The Morgan fingerprint density at radius 2 is 0.690 bits per heavy atom. The quantitative estimate of drug-likeness (QED) is 0.151. The maximum absolute atomic E-state index is 6.89. The van der Waals surface area contributed by atoms with Crippen LogP contribution in [-0.4, -0.2) is 0 Å². The summed E-state index contributed by atoms with van der Waals surface area (Å²) in [5.74, 6) is 0. The minimum absolute atomic E-state index is 0.589. The molecule has 0 saturated heterocycles. The molecule has 0 aliphatic heterocycles. The molecule has 1 heterocycles. The van der Waals surface area contributed by atoms with Crippen LogP contribution in [0.4, 0.5) is 34.1 Å². The fourth-order valence-corrected chi connectivity index (χ4v) is 12.4. The van der Waals surface area contributed by atoms with Crippen molar-refractivity contribution < 1.29 is 4.42 Å². The molecule has 12 aromatic rings. The van der Waals surface area contributed by atoms with Crippen molar-refractivity contribution in [2.24, 2.45) is 0 Å². The van der Waals surface area contributed by atoms with E-state index in [1.165, 1.54) is 55.6 Å². The average Bonchev–Trinajstić information content (AvgIpc) is 3.97. The summed E-state index contributed by atoms with van der Waals surface area (Å²) in [6, 6.07) is 102. The van der Waals surface area contributed by atoms with Gasteiger partial charge in [-0.25, -0.2) is 0 Å². The molecule has 0 atom stereocenters. The molecule has 2 aliphatic carbocycles. The van der Waals surface area contributed by atoms with E-state index in [0.717, 1.165) is 56.1 Å². The molecule has 11 aromatic carbocycles. The number of rotatable bonds is 8. The average molecular weight is 907 g/mol. The Bertz CT molecular complexity index is 3810. The molecule has 0 N–H and O–H groups in total. The van der Waals surface area contributed by atoms with Crippen molar-refractivity contribution in [2.75, 3.05) is 9.80 Å². The lowest BCUT2D eigenvalue weighted by molar-refractivity contribution is 0.623.